The molecule has 2 aromatic carbocycles. The van der Waals surface area contributed by atoms with E-state index in [0.29, 0.717) is 0 Å². The van der Waals surface area contributed by atoms with Gasteiger partial charge in [-0.1, -0.05) is 30.3 Å². The van der Waals surface area contributed by atoms with Gasteiger partial charge in [0, 0.05) is 17.4 Å². The first-order chi connectivity index (χ1) is 9.48. The number of aromatic amines is 1. The second-order valence-corrected chi connectivity index (χ2v) is 4.15. The Bertz CT molecular complexity index is 656. The van der Waals surface area contributed by atoms with Crippen molar-refractivity contribution < 1.29 is 13.2 Å². The Morgan fingerprint density at radius 2 is 1.50 bits per heavy atom. The molecule has 0 aliphatic heterocycles. The minimum atomic E-state index is -4.34. The molecule has 0 fully saturated rings. The summed E-state index contributed by atoms with van der Waals surface area (Å²) >= 11 is 0. The van der Waals surface area contributed by atoms with E-state index in [2.05, 4.69) is 23.2 Å². The molecule has 0 saturated heterocycles. The lowest BCUT2D eigenvalue weighted by Crippen LogP contribution is -2.07. The van der Waals surface area contributed by atoms with Crippen molar-refractivity contribution in [2.24, 2.45) is 0 Å². The van der Waals surface area contributed by atoms with E-state index in [-0.39, 0.29) is 5.69 Å². The van der Waals surface area contributed by atoms with Crippen LogP contribution in [0.2, 0.25) is 0 Å². The van der Waals surface area contributed by atoms with Gasteiger partial charge in [0.15, 0.2) is 0 Å². The van der Waals surface area contributed by atoms with Crippen LogP contribution < -0.4 is 5.73 Å². The average molecular weight is 278 g/mol. The van der Waals surface area contributed by atoms with Gasteiger partial charge in [-0.2, -0.15) is 13.2 Å². The summed E-state index contributed by atoms with van der Waals surface area (Å²) in [6.45, 7) is 0. The van der Waals surface area contributed by atoms with Gasteiger partial charge in [-0.3, -0.25) is 0 Å². The lowest BCUT2D eigenvalue weighted by molar-refractivity contribution is -0.136. The molecule has 1 heterocycles. The Balaban J connectivity index is 0.000000149. The molecule has 0 unspecified atom stereocenters. The number of hydrogen-bond acceptors (Lipinski definition) is 1. The van der Waals surface area contributed by atoms with Gasteiger partial charge in [0.05, 0.1) is 5.56 Å². The molecule has 0 saturated carbocycles. The highest BCUT2D eigenvalue weighted by molar-refractivity contribution is 5.78. The number of para-hydroxylation sites is 2. The Morgan fingerprint density at radius 1 is 0.850 bits per heavy atom. The average Bonchev–Trinajstić information content (AvgIpc) is 2.87. The number of benzene rings is 2. The minimum Gasteiger partial charge on any atom is -0.398 e. The third-order valence-electron chi connectivity index (χ3n) is 2.73. The van der Waals surface area contributed by atoms with Crippen molar-refractivity contribution in [1.82, 2.24) is 4.98 Å². The number of hydrogen-bond donors (Lipinski definition) is 2. The zero-order chi connectivity index (χ0) is 14.6. The molecular formula is C15H13F3N2. The van der Waals surface area contributed by atoms with E-state index in [1.54, 1.807) is 0 Å². The third-order valence-corrected chi connectivity index (χ3v) is 2.73. The van der Waals surface area contributed by atoms with E-state index in [4.69, 9.17) is 5.73 Å². The predicted octanol–water partition coefficient (Wildman–Crippen LogP) is 4.46. The summed E-state index contributed by atoms with van der Waals surface area (Å²) in [5.41, 5.74) is 5.28. The topological polar surface area (TPSA) is 41.8 Å². The largest absolute Gasteiger partial charge is 0.418 e. The summed E-state index contributed by atoms with van der Waals surface area (Å²) in [6, 6.07) is 15.2. The molecule has 0 spiro atoms. The van der Waals surface area contributed by atoms with Gasteiger partial charge in [-0.05, 0) is 29.7 Å². The molecule has 20 heavy (non-hydrogen) atoms. The molecule has 0 aliphatic rings. The first-order valence-electron chi connectivity index (χ1n) is 5.92. The van der Waals surface area contributed by atoms with Gasteiger partial charge in [0.2, 0.25) is 0 Å². The van der Waals surface area contributed by atoms with Gasteiger partial charge >= 0.3 is 6.18 Å². The van der Waals surface area contributed by atoms with Crippen LogP contribution >= 0.6 is 0 Å². The van der Waals surface area contributed by atoms with Gasteiger partial charge in [-0.15, -0.1) is 0 Å². The van der Waals surface area contributed by atoms with Crippen molar-refractivity contribution in [3.05, 3.63) is 66.4 Å². The minimum absolute atomic E-state index is 0.236. The summed E-state index contributed by atoms with van der Waals surface area (Å²) in [4.78, 5) is 3.12. The summed E-state index contributed by atoms with van der Waals surface area (Å²) in [7, 11) is 0. The van der Waals surface area contributed by atoms with Crippen LogP contribution in [0.4, 0.5) is 18.9 Å². The highest BCUT2D eigenvalue weighted by Gasteiger charge is 2.32. The van der Waals surface area contributed by atoms with Crippen LogP contribution in [-0.4, -0.2) is 4.98 Å². The number of H-pyrrole nitrogens is 1. The molecule has 0 atom stereocenters. The number of aromatic nitrogens is 1. The van der Waals surface area contributed by atoms with Crippen LogP contribution in [0.5, 0.6) is 0 Å². The highest BCUT2D eigenvalue weighted by Crippen LogP contribution is 2.32. The normalized spacial score (nSPS) is 10.9. The molecule has 1 aromatic heterocycles. The van der Waals surface area contributed by atoms with E-state index in [0.717, 1.165) is 6.07 Å². The van der Waals surface area contributed by atoms with Crippen LogP contribution in [-0.2, 0) is 6.18 Å². The fourth-order valence-corrected chi connectivity index (χ4v) is 1.75. The smallest absolute Gasteiger partial charge is 0.398 e. The Labute approximate surface area is 114 Å². The lowest BCUT2D eigenvalue weighted by Gasteiger charge is -2.07. The zero-order valence-electron chi connectivity index (χ0n) is 10.5. The first-order valence-corrected chi connectivity index (χ1v) is 5.92. The molecule has 0 amide bonds. The zero-order valence-corrected chi connectivity index (χ0v) is 10.5. The molecule has 3 aromatic rings. The van der Waals surface area contributed by atoms with Gasteiger partial charge in [0.25, 0.3) is 0 Å². The van der Waals surface area contributed by atoms with E-state index >= 15 is 0 Å². The van der Waals surface area contributed by atoms with Crippen LogP contribution in [0.3, 0.4) is 0 Å². The number of rotatable bonds is 0. The fourth-order valence-electron chi connectivity index (χ4n) is 1.75. The number of halogens is 3. The molecule has 2 nitrogen and oxygen atoms in total. The number of alkyl halides is 3. The maximum Gasteiger partial charge on any atom is 0.418 e. The van der Waals surface area contributed by atoms with Crippen molar-refractivity contribution >= 4 is 16.6 Å². The highest BCUT2D eigenvalue weighted by atomic mass is 19.4. The number of fused-ring (bicyclic) bond motifs is 1. The maximum absolute atomic E-state index is 12.0. The number of nitrogen functional groups attached to an aromatic ring is 1. The monoisotopic (exact) mass is 278 g/mol. The summed E-state index contributed by atoms with van der Waals surface area (Å²) in [5.74, 6) is 0. The molecule has 0 aliphatic carbocycles. The molecular weight excluding hydrogens is 265 g/mol. The lowest BCUT2D eigenvalue weighted by atomic mass is 10.2. The SMILES string of the molecule is Nc1ccccc1C(F)(F)F.c1ccc2[nH]ccc2c1. The van der Waals surface area contributed by atoms with Crippen LogP contribution in [0.15, 0.2) is 60.8 Å². The van der Waals surface area contributed by atoms with E-state index in [9.17, 15) is 13.2 Å². The van der Waals surface area contributed by atoms with Crippen LogP contribution in [0.1, 0.15) is 5.56 Å². The Morgan fingerprint density at radius 3 is 2.10 bits per heavy atom. The Kier molecular flexibility index (Phi) is 3.98. The van der Waals surface area contributed by atoms with Crippen LogP contribution in [0.25, 0.3) is 10.9 Å². The molecule has 0 bridgehead atoms. The second-order valence-electron chi connectivity index (χ2n) is 4.15. The first kappa shape index (κ1) is 14.0. The summed E-state index contributed by atoms with van der Waals surface area (Å²) in [5, 5.41) is 1.28. The van der Waals surface area contributed by atoms with Crippen LogP contribution in [0, 0.1) is 0 Å². The van der Waals surface area contributed by atoms with Gasteiger partial charge < -0.3 is 10.7 Å². The second kappa shape index (κ2) is 5.69. The van der Waals surface area contributed by atoms with Crippen molar-refractivity contribution in [1.29, 1.82) is 0 Å². The van der Waals surface area contributed by atoms with Crippen molar-refractivity contribution in [2.45, 2.75) is 6.18 Å². The molecule has 3 N–H and O–H groups in total. The van der Waals surface area contributed by atoms with Gasteiger partial charge in [0.1, 0.15) is 0 Å². The third kappa shape index (κ3) is 3.32. The molecule has 104 valence electrons. The molecule has 3 rings (SSSR count). The fraction of sp³-hybridized carbons (Fsp3) is 0.0667. The molecule has 5 heteroatoms. The quantitative estimate of drug-likeness (QED) is 0.586. The van der Waals surface area contributed by atoms with Crippen molar-refractivity contribution in [3.8, 4) is 0 Å². The van der Waals surface area contributed by atoms with E-state index in [1.165, 1.54) is 29.1 Å². The number of nitrogens with one attached hydrogen (secondary N) is 1. The number of anilines is 1. The summed E-state index contributed by atoms with van der Waals surface area (Å²) < 4.78 is 35.9. The van der Waals surface area contributed by atoms with Crippen molar-refractivity contribution in [2.75, 3.05) is 5.73 Å². The summed E-state index contributed by atoms with van der Waals surface area (Å²) in [6.07, 6.45) is -2.39. The maximum atomic E-state index is 12.0. The predicted molar refractivity (Wildman–Crippen MR) is 74.2 cm³/mol. The van der Waals surface area contributed by atoms with E-state index < -0.39 is 11.7 Å². The van der Waals surface area contributed by atoms with Gasteiger partial charge in [-0.25, -0.2) is 0 Å². The molecule has 0 radical (unpaired) electrons. The number of nitrogens with two attached hydrogens (primary N) is 1. The Hall–Kier alpha value is -2.43. The van der Waals surface area contributed by atoms with Crippen molar-refractivity contribution in [3.63, 3.8) is 0 Å². The van der Waals surface area contributed by atoms with E-state index in [1.807, 2.05) is 18.3 Å². The standard InChI is InChI=1S/C8H7N.C7H6F3N/c1-2-4-8-7(3-1)5-6-9-8;8-7(9,10)5-3-1-2-4-6(5)11/h1-6,9H;1-4H,11H2.